The Morgan fingerprint density at radius 3 is 1.82 bits per heavy atom. The Kier molecular flexibility index (Phi) is 7.31. The van der Waals surface area contributed by atoms with Crippen LogP contribution in [0.15, 0.2) is 212 Å². The fraction of sp³-hybridized carbons (Fsp3) is 0.0667. The Labute approximate surface area is 362 Å². The summed E-state index contributed by atoms with van der Waals surface area (Å²) in [4.78, 5) is 2.51. The van der Waals surface area contributed by atoms with Gasteiger partial charge in [0.2, 0.25) is 0 Å². The summed E-state index contributed by atoms with van der Waals surface area (Å²) in [6.07, 6.45) is 0. The summed E-state index contributed by atoms with van der Waals surface area (Å²) >= 11 is 0. The van der Waals surface area contributed by atoms with E-state index in [4.69, 9.17) is 4.74 Å². The highest BCUT2D eigenvalue weighted by molar-refractivity contribution is 6.02. The van der Waals surface area contributed by atoms with Crippen molar-refractivity contribution >= 4 is 38.6 Å². The lowest BCUT2D eigenvalue weighted by molar-refractivity contribution is 0.441. The van der Waals surface area contributed by atoms with Gasteiger partial charge >= 0.3 is 0 Å². The minimum absolute atomic E-state index is 0.153. The van der Waals surface area contributed by atoms with Gasteiger partial charge in [0.05, 0.1) is 11.1 Å². The molecule has 3 aliphatic rings. The normalized spacial score (nSPS) is 15.9. The van der Waals surface area contributed by atoms with Crippen LogP contribution in [0.3, 0.4) is 0 Å². The van der Waals surface area contributed by atoms with Gasteiger partial charge in [0.15, 0.2) is 0 Å². The maximum atomic E-state index is 6.98. The fourth-order valence-corrected chi connectivity index (χ4v) is 11.4. The molecule has 0 saturated carbocycles. The van der Waals surface area contributed by atoms with Crippen molar-refractivity contribution in [2.24, 2.45) is 0 Å². The largest absolute Gasteiger partial charge is 0.456 e. The molecule has 0 bridgehead atoms. The first kappa shape index (κ1) is 35.1. The van der Waals surface area contributed by atoms with E-state index >= 15 is 0 Å². The third-order valence-electron chi connectivity index (χ3n) is 14.1. The molecule has 10 aromatic carbocycles. The van der Waals surface area contributed by atoms with Gasteiger partial charge in [0.1, 0.15) is 11.5 Å². The first-order chi connectivity index (χ1) is 30.5. The van der Waals surface area contributed by atoms with Gasteiger partial charge in [-0.1, -0.05) is 190 Å². The molecule has 2 aliphatic carbocycles. The van der Waals surface area contributed by atoms with Crippen LogP contribution in [0.4, 0.5) is 17.1 Å². The quantitative estimate of drug-likeness (QED) is 0.176. The molecule has 0 fully saturated rings. The lowest BCUT2D eigenvalue weighted by atomic mass is 9.65. The summed E-state index contributed by atoms with van der Waals surface area (Å²) in [5, 5.41) is 4.79. The van der Waals surface area contributed by atoms with Crippen LogP contribution < -0.4 is 9.64 Å². The fourth-order valence-electron chi connectivity index (χ4n) is 11.4. The van der Waals surface area contributed by atoms with E-state index in [1.165, 1.54) is 77.4 Å². The molecule has 0 amide bonds. The van der Waals surface area contributed by atoms with E-state index in [1.54, 1.807) is 0 Å². The topological polar surface area (TPSA) is 12.5 Å². The summed E-state index contributed by atoms with van der Waals surface area (Å²) in [6.45, 7) is 4.74. The van der Waals surface area contributed by atoms with E-state index in [9.17, 15) is 0 Å². The molecule has 1 spiro atoms. The van der Waals surface area contributed by atoms with Crippen molar-refractivity contribution in [2.45, 2.75) is 24.7 Å². The van der Waals surface area contributed by atoms with Crippen molar-refractivity contribution in [3.63, 3.8) is 0 Å². The highest BCUT2D eigenvalue weighted by atomic mass is 16.5. The van der Waals surface area contributed by atoms with Crippen LogP contribution in [0.5, 0.6) is 11.5 Å². The molecule has 0 N–H and O–H groups in total. The van der Waals surface area contributed by atoms with E-state index in [0.29, 0.717) is 0 Å². The summed E-state index contributed by atoms with van der Waals surface area (Å²) in [5.74, 6) is 1.82. The number of hydrogen-bond donors (Lipinski definition) is 0. The Morgan fingerprint density at radius 2 is 0.984 bits per heavy atom. The minimum atomic E-state index is -0.610. The van der Waals surface area contributed by atoms with Gasteiger partial charge in [-0.05, 0) is 103 Å². The molecular weight excluding hydrogens is 751 g/mol. The molecule has 0 saturated heterocycles. The summed E-state index contributed by atoms with van der Waals surface area (Å²) in [7, 11) is 0. The molecule has 1 aliphatic heterocycles. The molecule has 62 heavy (non-hydrogen) atoms. The number of hydrogen-bond acceptors (Lipinski definition) is 2. The van der Waals surface area contributed by atoms with E-state index in [0.717, 1.165) is 39.5 Å². The first-order valence-corrected chi connectivity index (χ1v) is 21.7. The highest BCUT2D eigenvalue weighted by Crippen LogP contribution is 2.65. The van der Waals surface area contributed by atoms with Crippen LogP contribution in [0.2, 0.25) is 0 Å². The zero-order chi connectivity index (χ0) is 41.2. The average Bonchev–Trinajstić information content (AvgIpc) is 3.75. The predicted molar refractivity (Wildman–Crippen MR) is 257 cm³/mol. The maximum absolute atomic E-state index is 6.98. The minimum Gasteiger partial charge on any atom is -0.456 e. The molecule has 2 heteroatoms. The molecule has 10 aromatic rings. The molecule has 13 rings (SSSR count). The number of nitrogens with zero attached hydrogens (tertiary/aromatic N) is 1. The standard InChI is InChI=1S/C60H41NO/c1-59(2)49-23-9-7-20-46(49)47-35-34-42(37-54(47)59)61(41-32-29-40(30-33-41)44-22-13-17-38-15-3-5-18-43(38)44)55-27-14-26-52-57(55)48-21-8-10-24-50(48)60(52)51-25-11-12-28-56(51)62-58-45-19-6-4-16-39(45)31-36-53(58)60/h3-37H,1-2H3. The monoisotopic (exact) mass is 791 g/mol. The SMILES string of the molecule is CC1(C)c2ccccc2-c2ccc(N(c3ccc(-c4cccc5ccccc45)cc3)c3cccc4c3-c3ccccc3C43c4ccccc4Oc4c3ccc3ccccc43)cc21. The molecule has 1 unspecified atom stereocenters. The number of rotatable bonds is 4. The number of ether oxygens (including phenoxy) is 1. The second-order valence-corrected chi connectivity index (χ2v) is 17.6. The highest BCUT2D eigenvalue weighted by Gasteiger charge is 2.52. The van der Waals surface area contributed by atoms with Gasteiger partial charge < -0.3 is 9.64 Å². The van der Waals surface area contributed by atoms with E-state index in [2.05, 4.69) is 231 Å². The van der Waals surface area contributed by atoms with Gasteiger partial charge in [-0.25, -0.2) is 0 Å². The maximum Gasteiger partial charge on any atom is 0.140 e. The third-order valence-corrected chi connectivity index (χ3v) is 14.1. The molecule has 2 nitrogen and oxygen atoms in total. The third kappa shape index (κ3) is 4.69. The van der Waals surface area contributed by atoms with Crippen molar-refractivity contribution in [3.8, 4) is 44.9 Å². The van der Waals surface area contributed by atoms with Gasteiger partial charge in [-0.3, -0.25) is 0 Å². The molecule has 1 atom stereocenters. The number of anilines is 3. The van der Waals surface area contributed by atoms with Crippen LogP contribution >= 0.6 is 0 Å². The molecular formula is C60H41NO. The van der Waals surface area contributed by atoms with Crippen molar-refractivity contribution in [2.75, 3.05) is 4.90 Å². The Morgan fingerprint density at radius 1 is 0.387 bits per heavy atom. The van der Waals surface area contributed by atoms with E-state index < -0.39 is 5.41 Å². The summed E-state index contributed by atoms with van der Waals surface area (Å²) in [6, 6.07) is 78.4. The molecule has 292 valence electrons. The molecule has 0 aromatic heterocycles. The Balaban J connectivity index is 1.08. The van der Waals surface area contributed by atoms with Gasteiger partial charge in [-0.15, -0.1) is 0 Å². The van der Waals surface area contributed by atoms with Crippen molar-refractivity contribution < 1.29 is 4.74 Å². The summed E-state index contributed by atoms with van der Waals surface area (Å²) in [5.41, 5.74) is 17.7. The lowest BCUT2D eigenvalue weighted by Gasteiger charge is -2.40. The predicted octanol–water partition coefficient (Wildman–Crippen LogP) is 15.9. The van der Waals surface area contributed by atoms with Crippen molar-refractivity contribution in [1.82, 2.24) is 0 Å². The van der Waals surface area contributed by atoms with E-state index in [-0.39, 0.29) is 5.41 Å². The van der Waals surface area contributed by atoms with Crippen LogP contribution in [0.25, 0.3) is 54.9 Å². The molecule has 0 radical (unpaired) electrons. The van der Waals surface area contributed by atoms with Gasteiger partial charge in [-0.2, -0.15) is 0 Å². The summed E-state index contributed by atoms with van der Waals surface area (Å²) < 4.78 is 6.98. The van der Waals surface area contributed by atoms with Crippen LogP contribution in [-0.4, -0.2) is 0 Å². The number of fused-ring (bicyclic) bond motifs is 15. The first-order valence-electron chi connectivity index (χ1n) is 21.7. The smallest absolute Gasteiger partial charge is 0.140 e. The average molecular weight is 792 g/mol. The van der Waals surface area contributed by atoms with Crippen LogP contribution in [0.1, 0.15) is 47.2 Å². The van der Waals surface area contributed by atoms with Crippen LogP contribution in [0, 0.1) is 0 Å². The van der Waals surface area contributed by atoms with Gasteiger partial charge in [0, 0.05) is 38.9 Å². The lowest BCUT2D eigenvalue weighted by Crippen LogP contribution is -2.32. The number of benzene rings is 10. The van der Waals surface area contributed by atoms with Gasteiger partial charge in [0.25, 0.3) is 0 Å². The second-order valence-electron chi connectivity index (χ2n) is 17.6. The van der Waals surface area contributed by atoms with E-state index in [1.807, 2.05) is 0 Å². The Bertz CT molecular complexity index is 3480. The number of para-hydroxylation sites is 1. The zero-order valence-corrected chi connectivity index (χ0v) is 34.6. The van der Waals surface area contributed by atoms with Crippen molar-refractivity contribution in [1.29, 1.82) is 0 Å². The second kappa shape index (κ2) is 12.9. The molecule has 1 heterocycles. The van der Waals surface area contributed by atoms with Crippen LogP contribution in [-0.2, 0) is 10.8 Å². The Hall–Kier alpha value is -7.68. The zero-order valence-electron chi connectivity index (χ0n) is 34.6. The van der Waals surface area contributed by atoms with Crippen molar-refractivity contribution in [3.05, 3.63) is 246 Å².